The number of ether oxygens (including phenoxy) is 1. The van der Waals surface area contributed by atoms with Crippen LogP contribution in [0.25, 0.3) is 5.57 Å². The van der Waals surface area contributed by atoms with Gasteiger partial charge in [-0.05, 0) is 88.5 Å². The van der Waals surface area contributed by atoms with Crippen LogP contribution in [0.15, 0.2) is 39.3 Å². The smallest absolute Gasteiger partial charge is 0.303 e. The molecule has 6 rings (SSSR count). The number of aliphatic carboxylic acids is 1. The van der Waals surface area contributed by atoms with Gasteiger partial charge in [0.2, 0.25) is 0 Å². The molecule has 3 aromatic rings. The summed E-state index contributed by atoms with van der Waals surface area (Å²) in [5.41, 5.74) is 0.761. The Morgan fingerprint density at radius 2 is 1.63 bits per heavy atom. The Kier molecular flexibility index (Phi) is 8.53. The van der Waals surface area contributed by atoms with Crippen molar-refractivity contribution in [3.8, 4) is 11.5 Å². The van der Waals surface area contributed by atoms with Gasteiger partial charge in [-0.25, -0.2) is 4.98 Å². The zero-order valence-corrected chi connectivity index (χ0v) is 30.0. The number of nitrogens with zero attached hydrogens (tertiary/aromatic N) is 3. The van der Waals surface area contributed by atoms with Crippen LogP contribution in [-0.2, 0) is 31.6 Å². The molecule has 2 unspecified atom stereocenters. The zero-order valence-electron chi connectivity index (χ0n) is 28.4. The van der Waals surface area contributed by atoms with E-state index in [1.807, 2.05) is 46.1 Å². The second kappa shape index (κ2) is 11.9. The predicted octanol–water partition coefficient (Wildman–Crippen LogP) is 4.98. The number of imidazole rings is 1. The van der Waals surface area contributed by atoms with Gasteiger partial charge in [0, 0.05) is 47.3 Å². The number of unbranched alkanes of at least 4 members (excludes halogenated alkanes) is 2. The zero-order chi connectivity index (χ0) is 35.8. The lowest BCUT2D eigenvalue weighted by Gasteiger charge is -2.39. The summed E-state index contributed by atoms with van der Waals surface area (Å²) in [6.45, 7) is 11.9. The highest BCUT2D eigenvalue weighted by atomic mass is 32.2. The van der Waals surface area contributed by atoms with E-state index in [1.54, 1.807) is 24.5 Å². The first kappa shape index (κ1) is 35.1. The van der Waals surface area contributed by atoms with Crippen LogP contribution in [0, 0.1) is 0 Å². The predicted molar refractivity (Wildman–Crippen MR) is 181 cm³/mol. The largest absolute Gasteiger partial charge is 0.481 e. The summed E-state index contributed by atoms with van der Waals surface area (Å²) < 4.78 is 83.1. The number of benzene rings is 2. The van der Waals surface area contributed by atoms with Gasteiger partial charge < -0.3 is 19.7 Å². The molecular weight excluding hydrogens is 673 g/mol. The van der Waals surface area contributed by atoms with Crippen molar-refractivity contribution >= 4 is 37.5 Å². The number of carbonyl (C=O) groups is 1. The van der Waals surface area contributed by atoms with Crippen LogP contribution >= 0.6 is 0 Å². The normalized spacial score (nSPS) is 20.5. The molecule has 1 aromatic heterocycles. The molecule has 0 spiro atoms. The SMILES string of the molecule is CC1CC(C)(C)Nc2c1cc1c(c2S(=O)(=O)O)Oc2c(S(=O)(=O)O)c3c(cc2=C1c1nccn1CCCCCC(=O)O)C(C)CC(C)(C)N=3. The minimum Gasteiger partial charge on any atom is -0.481 e. The molecule has 0 fully saturated rings. The number of hydrogen-bond donors (Lipinski definition) is 4. The molecule has 3 aliphatic rings. The molecule has 0 saturated heterocycles. The van der Waals surface area contributed by atoms with E-state index in [4.69, 9.17) is 14.8 Å². The first-order valence-electron chi connectivity index (χ1n) is 16.4. The van der Waals surface area contributed by atoms with E-state index < -0.39 is 47.1 Å². The van der Waals surface area contributed by atoms with E-state index in [0.29, 0.717) is 61.2 Å². The van der Waals surface area contributed by atoms with Crippen molar-refractivity contribution in [2.24, 2.45) is 4.99 Å². The molecule has 0 aliphatic carbocycles. The van der Waals surface area contributed by atoms with Gasteiger partial charge in [-0.1, -0.05) is 20.3 Å². The molecule has 0 saturated carbocycles. The van der Waals surface area contributed by atoms with Crippen LogP contribution in [0.1, 0.15) is 114 Å². The summed E-state index contributed by atoms with van der Waals surface area (Å²) >= 11 is 0. The van der Waals surface area contributed by atoms with Gasteiger partial charge in [-0.15, -0.1) is 0 Å². The Morgan fingerprint density at radius 1 is 0.959 bits per heavy atom. The van der Waals surface area contributed by atoms with Gasteiger partial charge in [-0.2, -0.15) is 16.8 Å². The molecule has 2 atom stereocenters. The number of hydrogen-bond acceptors (Lipinski definition) is 9. The molecule has 3 aliphatic heterocycles. The Hall–Kier alpha value is -3.79. The Balaban J connectivity index is 1.75. The van der Waals surface area contributed by atoms with Crippen LogP contribution < -0.4 is 20.6 Å². The van der Waals surface area contributed by atoms with Crippen molar-refractivity contribution in [1.29, 1.82) is 0 Å². The summed E-state index contributed by atoms with van der Waals surface area (Å²) in [5, 5.41) is 12.6. The van der Waals surface area contributed by atoms with Crippen molar-refractivity contribution in [3.63, 3.8) is 0 Å². The number of aryl methyl sites for hydroxylation is 1. The highest BCUT2D eigenvalue weighted by molar-refractivity contribution is 7.86. The van der Waals surface area contributed by atoms with E-state index in [0.717, 1.165) is 0 Å². The van der Waals surface area contributed by atoms with E-state index in [2.05, 4.69) is 10.3 Å². The standard InChI is InChI=1S/C34H42N4O9S2/c1-18-16-33(3,4)36-26-20(18)14-22-25(32-35-11-13-38(32)12-9-7-8-10-24(39)40)23-15-21-19(2)17-34(5,6)37-27(21)31(49(44,45)46)29(23)47-28(22)30(26)48(41,42)43/h11,13-15,18-19,36H,7-10,12,16-17H2,1-6H3,(H,39,40)(H,41,42,43)(H,44,45,46). The van der Waals surface area contributed by atoms with Crippen molar-refractivity contribution in [2.75, 3.05) is 5.32 Å². The van der Waals surface area contributed by atoms with Crippen LogP contribution in [0.2, 0.25) is 0 Å². The molecule has 49 heavy (non-hydrogen) atoms. The van der Waals surface area contributed by atoms with Crippen LogP contribution in [0.5, 0.6) is 11.5 Å². The first-order valence-corrected chi connectivity index (χ1v) is 19.2. The number of nitrogens with one attached hydrogen (secondary N) is 1. The summed E-state index contributed by atoms with van der Waals surface area (Å²) in [6, 6.07) is 3.59. The fraction of sp³-hybridized carbons (Fsp3) is 0.500. The molecule has 15 heteroatoms. The van der Waals surface area contributed by atoms with Gasteiger partial charge in [0.25, 0.3) is 20.2 Å². The number of carboxylic acid groups (broad SMARTS) is 1. The summed E-state index contributed by atoms with van der Waals surface area (Å²) in [5.74, 6) is -1.43. The monoisotopic (exact) mass is 714 g/mol. The molecular formula is C34H42N4O9S2. The third kappa shape index (κ3) is 6.48. The fourth-order valence-electron chi connectivity index (χ4n) is 7.79. The number of fused-ring (bicyclic) bond motifs is 4. The maximum Gasteiger partial charge on any atom is 0.303 e. The number of carboxylic acids is 1. The Morgan fingerprint density at radius 3 is 2.29 bits per heavy atom. The summed E-state index contributed by atoms with van der Waals surface area (Å²) in [4.78, 5) is 19.3. The molecule has 0 bridgehead atoms. The summed E-state index contributed by atoms with van der Waals surface area (Å²) in [6.07, 6.45) is 6.34. The lowest BCUT2D eigenvalue weighted by atomic mass is 9.80. The first-order chi connectivity index (χ1) is 22.7. The van der Waals surface area contributed by atoms with Crippen LogP contribution in [-0.4, -0.2) is 57.6 Å². The van der Waals surface area contributed by atoms with E-state index in [1.165, 1.54) is 0 Å². The molecule has 0 amide bonds. The quantitative estimate of drug-likeness (QED) is 0.135. The van der Waals surface area contributed by atoms with Gasteiger partial charge in [0.15, 0.2) is 21.3 Å². The molecule has 2 aromatic carbocycles. The number of aromatic nitrogens is 2. The average molecular weight is 715 g/mol. The van der Waals surface area contributed by atoms with E-state index in [-0.39, 0.29) is 51.6 Å². The van der Waals surface area contributed by atoms with Crippen molar-refractivity contribution in [2.45, 2.75) is 119 Å². The third-order valence-corrected chi connectivity index (χ3v) is 11.4. The van der Waals surface area contributed by atoms with Gasteiger partial charge in [0.05, 0.1) is 16.6 Å². The maximum atomic E-state index is 13.3. The van der Waals surface area contributed by atoms with E-state index in [9.17, 15) is 30.7 Å². The second-order valence-corrected chi connectivity index (χ2v) is 17.5. The van der Waals surface area contributed by atoms with Gasteiger partial charge in [-0.3, -0.25) is 18.9 Å². The van der Waals surface area contributed by atoms with Crippen molar-refractivity contribution in [1.82, 2.24) is 9.55 Å². The maximum absolute atomic E-state index is 13.3. The topological polar surface area (TPSA) is 197 Å². The van der Waals surface area contributed by atoms with Crippen molar-refractivity contribution in [3.05, 3.63) is 57.6 Å². The molecule has 264 valence electrons. The highest BCUT2D eigenvalue weighted by Crippen LogP contribution is 2.51. The van der Waals surface area contributed by atoms with Crippen LogP contribution in [0.4, 0.5) is 5.69 Å². The molecule has 13 nitrogen and oxygen atoms in total. The Bertz CT molecular complexity index is 2240. The highest BCUT2D eigenvalue weighted by Gasteiger charge is 2.42. The third-order valence-electron chi connectivity index (χ3n) is 9.56. The summed E-state index contributed by atoms with van der Waals surface area (Å²) in [7, 11) is -10.0. The van der Waals surface area contributed by atoms with Crippen LogP contribution in [0.3, 0.4) is 0 Å². The Labute approximate surface area is 285 Å². The van der Waals surface area contributed by atoms with E-state index >= 15 is 0 Å². The molecule has 4 N–H and O–H groups in total. The molecule has 4 heterocycles. The lowest BCUT2D eigenvalue weighted by Crippen LogP contribution is -2.39. The van der Waals surface area contributed by atoms with Gasteiger partial charge >= 0.3 is 5.97 Å². The minimum atomic E-state index is -5.02. The average Bonchev–Trinajstić information content (AvgIpc) is 3.39. The number of rotatable bonds is 9. The minimum absolute atomic E-state index is 0.0359. The second-order valence-electron chi connectivity index (χ2n) is 14.8. The fourth-order valence-corrected chi connectivity index (χ4v) is 9.40. The number of anilines is 1. The van der Waals surface area contributed by atoms with Crippen molar-refractivity contribution < 1.29 is 40.6 Å². The molecule has 0 radical (unpaired) electrons. The lowest BCUT2D eigenvalue weighted by molar-refractivity contribution is -0.137. The van der Waals surface area contributed by atoms with Gasteiger partial charge in [0.1, 0.15) is 5.82 Å².